The molecule has 76 valence electrons. The van der Waals surface area contributed by atoms with Crippen LogP contribution in [0.25, 0.3) is 0 Å². The first kappa shape index (κ1) is 10.3. The number of hydrogen-bond acceptors (Lipinski definition) is 2. The molecular weight excluding hydrogens is 240 g/mol. The molecule has 2 unspecified atom stereocenters. The molecule has 1 aliphatic rings. The Balaban J connectivity index is 2.34. The summed E-state index contributed by atoms with van der Waals surface area (Å²) < 4.78 is 22.8. The molecule has 1 aliphatic heterocycles. The minimum absolute atomic E-state index is 0.313. The van der Waals surface area contributed by atoms with Crippen LogP contribution < -0.4 is 0 Å². The Bertz CT molecular complexity index is 372. The second-order valence-corrected chi connectivity index (χ2v) is 7.07. The Labute approximate surface area is 92.6 Å². The van der Waals surface area contributed by atoms with Crippen LogP contribution in [0.5, 0.6) is 0 Å². The molecule has 5 heteroatoms. The summed E-state index contributed by atoms with van der Waals surface area (Å²) in [5, 5.41) is 0.642. The lowest BCUT2D eigenvalue weighted by Gasteiger charge is -2.07. The third-order valence-electron chi connectivity index (χ3n) is 2.11. The van der Waals surface area contributed by atoms with E-state index in [4.69, 9.17) is 11.6 Å². The quantitative estimate of drug-likeness (QED) is 0.760. The van der Waals surface area contributed by atoms with E-state index >= 15 is 0 Å². The highest BCUT2D eigenvalue weighted by atomic mass is 35.5. The van der Waals surface area contributed by atoms with Gasteiger partial charge < -0.3 is 0 Å². The van der Waals surface area contributed by atoms with Crippen molar-refractivity contribution in [3.63, 3.8) is 0 Å². The molecule has 1 heterocycles. The van der Waals surface area contributed by atoms with Crippen molar-refractivity contribution in [2.24, 2.45) is 0 Å². The van der Waals surface area contributed by atoms with Gasteiger partial charge in [0.05, 0.1) is 0 Å². The van der Waals surface area contributed by atoms with Crippen molar-refractivity contribution in [2.75, 3.05) is 11.5 Å². The van der Waals surface area contributed by atoms with Gasteiger partial charge in [-0.15, -0.1) is 0 Å². The van der Waals surface area contributed by atoms with Crippen LogP contribution in [0.4, 0.5) is 0 Å². The van der Waals surface area contributed by atoms with Crippen molar-refractivity contribution < 1.29 is 8.42 Å². The van der Waals surface area contributed by atoms with Crippen molar-refractivity contribution in [1.29, 1.82) is 0 Å². The fraction of sp³-hybridized carbons (Fsp3) is 0.333. The van der Waals surface area contributed by atoms with Gasteiger partial charge in [0.25, 0.3) is 0 Å². The van der Waals surface area contributed by atoms with Crippen LogP contribution in [0, 0.1) is 0 Å². The Kier molecular flexibility index (Phi) is 3.04. The Hall–Kier alpha value is -0.190. The van der Waals surface area contributed by atoms with Gasteiger partial charge in [0.15, 0.2) is 0 Å². The van der Waals surface area contributed by atoms with E-state index in [0.29, 0.717) is 16.5 Å². The maximum Gasteiger partial charge on any atom is 0.135 e. The van der Waals surface area contributed by atoms with Crippen LogP contribution in [-0.4, -0.2) is 19.9 Å². The van der Waals surface area contributed by atoms with Crippen LogP contribution in [0.1, 0.15) is 10.1 Å². The smallest absolute Gasteiger partial charge is 0.135 e. The molecule has 0 radical (unpaired) electrons. The summed E-state index contributed by atoms with van der Waals surface area (Å²) in [4.78, 5) is 0. The Morgan fingerprint density at radius 1 is 1.07 bits per heavy atom. The number of halogens is 1. The van der Waals surface area contributed by atoms with Gasteiger partial charge in [-0.3, -0.25) is 8.42 Å². The van der Waals surface area contributed by atoms with E-state index < -0.39 is 21.6 Å². The molecule has 0 N–H and O–H groups in total. The van der Waals surface area contributed by atoms with Crippen molar-refractivity contribution in [3.8, 4) is 0 Å². The van der Waals surface area contributed by atoms with E-state index in [2.05, 4.69) is 0 Å². The van der Waals surface area contributed by atoms with Gasteiger partial charge in [0.1, 0.15) is 4.58 Å². The Morgan fingerprint density at radius 3 is 2.07 bits per heavy atom. The van der Waals surface area contributed by atoms with Crippen molar-refractivity contribution in [1.82, 2.24) is 0 Å². The van der Waals surface area contributed by atoms with Crippen LogP contribution >= 0.6 is 11.6 Å². The molecule has 1 fully saturated rings. The normalized spacial score (nSPS) is 31.9. The zero-order valence-electron chi connectivity index (χ0n) is 7.31. The lowest BCUT2D eigenvalue weighted by atomic mass is 10.2. The lowest BCUT2D eigenvalue weighted by Crippen LogP contribution is -2.03. The molecule has 1 aromatic rings. The van der Waals surface area contributed by atoms with Gasteiger partial charge >= 0.3 is 0 Å². The van der Waals surface area contributed by atoms with Gasteiger partial charge in [-0.05, 0) is 17.7 Å². The first-order valence-corrected chi connectivity index (χ1v) is 7.32. The average Bonchev–Trinajstić information content (AvgIpc) is 2.49. The van der Waals surface area contributed by atoms with E-state index in [-0.39, 0.29) is 4.58 Å². The van der Waals surface area contributed by atoms with Gasteiger partial charge in [-0.25, -0.2) is 0 Å². The molecule has 14 heavy (non-hydrogen) atoms. The molecule has 0 amide bonds. The summed E-state index contributed by atoms with van der Waals surface area (Å²) >= 11 is 5.74. The molecule has 0 saturated carbocycles. The van der Waals surface area contributed by atoms with Gasteiger partial charge in [0, 0.05) is 38.1 Å². The van der Waals surface area contributed by atoms with Gasteiger partial charge in [0.2, 0.25) is 0 Å². The van der Waals surface area contributed by atoms with Crippen LogP contribution in [-0.2, 0) is 21.6 Å². The molecule has 0 aliphatic carbocycles. The van der Waals surface area contributed by atoms with Crippen LogP contribution in [0.3, 0.4) is 0 Å². The summed E-state index contributed by atoms with van der Waals surface area (Å²) in [5.74, 6) is 1.08. The second kappa shape index (κ2) is 4.13. The van der Waals surface area contributed by atoms with Crippen LogP contribution in [0.15, 0.2) is 24.3 Å². The van der Waals surface area contributed by atoms with Crippen molar-refractivity contribution in [2.45, 2.75) is 4.58 Å². The largest absolute Gasteiger partial charge is 0.258 e. The summed E-state index contributed by atoms with van der Waals surface area (Å²) in [6, 6.07) is 7.08. The van der Waals surface area contributed by atoms with E-state index in [0.717, 1.165) is 5.56 Å². The SMILES string of the molecule is O=S1CCS(=O)C1c1ccc(Cl)cc1. The third kappa shape index (κ3) is 1.92. The fourth-order valence-electron chi connectivity index (χ4n) is 1.42. The van der Waals surface area contributed by atoms with Crippen molar-refractivity contribution >= 4 is 33.2 Å². The minimum Gasteiger partial charge on any atom is -0.258 e. The molecule has 2 rings (SSSR count). The highest BCUT2D eigenvalue weighted by molar-refractivity contribution is 8.05. The molecule has 2 nitrogen and oxygen atoms in total. The van der Waals surface area contributed by atoms with Crippen molar-refractivity contribution in [3.05, 3.63) is 34.9 Å². The Morgan fingerprint density at radius 2 is 1.57 bits per heavy atom. The maximum absolute atomic E-state index is 11.6. The van der Waals surface area contributed by atoms with Gasteiger partial charge in [-0.2, -0.15) is 0 Å². The van der Waals surface area contributed by atoms with E-state index in [1.807, 2.05) is 0 Å². The summed E-state index contributed by atoms with van der Waals surface area (Å²) in [6.07, 6.45) is 0. The summed E-state index contributed by atoms with van der Waals surface area (Å²) in [7, 11) is -1.98. The van der Waals surface area contributed by atoms with E-state index in [1.165, 1.54) is 0 Å². The molecule has 2 atom stereocenters. The minimum atomic E-state index is -0.992. The number of rotatable bonds is 1. The first-order chi connectivity index (χ1) is 6.68. The standard InChI is InChI=1S/C9H9ClO2S2/c10-8-3-1-7(2-4-8)9-13(11)5-6-14(9)12/h1-4,9H,5-6H2. The molecule has 0 spiro atoms. The molecule has 0 aromatic heterocycles. The highest BCUT2D eigenvalue weighted by Crippen LogP contribution is 2.30. The summed E-state index contributed by atoms with van der Waals surface area (Å²) in [5.41, 5.74) is 0.864. The second-order valence-electron chi connectivity index (χ2n) is 3.05. The van der Waals surface area contributed by atoms with E-state index in [1.54, 1.807) is 24.3 Å². The molecular formula is C9H9ClO2S2. The molecule has 1 saturated heterocycles. The third-order valence-corrected chi connectivity index (χ3v) is 6.62. The number of benzene rings is 1. The topological polar surface area (TPSA) is 34.1 Å². The lowest BCUT2D eigenvalue weighted by molar-refractivity contribution is 0.679. The zero-order chi connectivity index (χ0) is 10.1. The summed E-state index contributed by atoms with van der Waals surface area (Å²) in [6.45, 7) is 0. The van der Waals surface area contributed by atoms with E-state index in [9.17, 15) is 8.42 Å². The van der Waals surface area contributed by atoms with Crippen LogP contribution in [0.2, 0.25) is 5.02 Å². The highest BCUT2D eigenvalue weighted by Gasteiger charge is 2.31. The molecule has 1 aromatic carbocycles. The zero-order valence-corrected chi connectivity index (χ0v) is 9.70. The predicted molar refractivity (Wildman–Crippen MR) is 60.2 cm³/mol. The fourth-order valence-corrected chi connectivity index (χ4v) is 5.75. The number of hydrogen-bond donors (Lipinski definition) is 0. The first-order valence-electron chi connectivity index (χ1n) is 4.18. The van der Waals surface area contributed by atoms with Gasteiger partial charge in [-0.1, -0.05) is 23.7 Å². The monoisotopic (exact) mass is 248 g/mol. The molecule has 0 bridgehead atoms. The predicted octanol–water partition coefficient (Wildman–Crippen LogP) is 1.85. The maximum atomic E-state index is 11.6. The average molecular weight is 249 g/mol.